The first-order chi connectivity index (χ1) is 8.61. The Morgan fingerprint density at radius 2 is 2.00 bits per heavy atom. The van der Waals surface area contributed by atoms with Gasteiger partial charge >= 0.3 is 0 Å². The normalized spacial score (nSPS) is 12.2. The molecule has 0 aliphatic carbocycles. The van der Waals surface area contributed by atoms with Crippen LogP contribution in [0.5, 0.6) is 5.75 Å². The first-order valence-electron chi connectivity index (χ1n) is 5.62. The fraction of sp³-hybridized carbons (Fsp3) is 0.214. The number of nitrogens with zero attached hydrogens (tertiary/aromatic N) is 1. The smallest absolute Gasteiger partial charge is 0.141 e. The van der Waals surface area contributed by atoms with Crippen LogP contribution in [0.15, 0.2) is 36.7 Å². The van der Waals surface area contributed by atoms with E-state index >= 15 is 0 Å². The first-order valence-corrected chi connectivity index (χ1v) is 5.62. The fourth-order valence-electron chi connectivity index (χ4n) is 1.89. The Morgan fingerprint density at radius 1 is 1.22 bits per heavy atom. The summed E-state index contributed by atoms with van der Waals surface area (Å²) in [4.78, 5) is 3.81. The summed E-state index contributed by atoms with van der Waals surface area (Å²) in [6, 6.07) is 6.68. The standard InChI is InChI=1S/C14H15FN2O/c1-9-5-10(3-4-13(9)18-2)14(16)11-6-12(15)8-17-7-11/h3-8,14H,16H2,1-2H3. The van der Waals surface area contributed by atoms with E-state index in [1.165, 1.54) is 6.07 Å². The summed E-state index contributed by atoms with van der Waals surface area (Å²) in [6.45, 7) is 1.94. The maximum absolute atomic E-state index is 13.1. The number of benzene rings is 1. The van der Waals surface area contributed by atoms with Gasteiger partial charge < -0.3 is 10.5 Å². The zero-order chi connectivity index (χ0) is 13.1. The molecule has 4 heteroatoms. The molecule has 0 bridgehead atoms. The summed E-state index contributed by atoms with van der Waals surface area (Å²) >= 11 is 0. The van der Waals surface area contributed by atoms with Gasteiger partial charge in [-0.1, -0.05) is 12.1 Å². The second-order valence-electron chi connectivity index (χ2n) is 4.14. The van der Waals surface area contributed by atoms with Crippen LogP contribution in [0.3, 0.4) is 0 Å². The molecule has 1 heterocycles. The summed E-state index contributed by atoms with van der Waals surface area (Å²) in [5.74, 6) is 0.427. The van der Waals surface area contributed by atoms with Gasteiger partial charge in [0.05, 0.1) is 19.3 Å². The second kappa shape index (κ2) is 5.14. The predicted octanol–water partition coefficient (Wildman–Crippen LogP) is 2.59. The Bertz CT molecular complexity index is 557. The monoisotopic (exact) mass is 246 g/mol. The molecular weight excluding hydrogens is 231 g/mol. The topological polar surface area (TPSA) is 48.1 Å². The molecule has 3 nitrogen and oxygen atoms in total. The lowest BCUT2D eigenvalue weighted by Crippen LogP contribution is -2.12. The van der Waals surface area contributed by atoms with Crippen LogP contribution in [0.1, 0.15) is 22.7 Å². The van der Waals surface area contributed by atoms with Crippen molar-refractivity contribution in [3.63, 3.8) is 0 Å². The van der Waals surface area contributed by atoms with Crippen LogP contribution < -0.4 is 10.5 Å². The van der Waals surface area contributed by atoms with Crippen molar-refractivity contribution in [1.82, 2.24) is 4.98 Å². The van der Waals surface area contributed by atoms with Gasteiger partial charge in [0.15, 0.2) is 0 Å². The molecule has 1 atom stereocenters. The van der Waals surface area contributed by atoms with E-state index in [9.17, 15) is 4.39 Å². The molecule has 0 saturated heterocycles. The highest BCUT2D eigenvalue weighted by Gasteiger charge is 2.11. The molecule has 0 spiro atoms. The molecule has 0 amide bonds. The average molecular weight is 246 g/mol. The van der Waals surface area contributed by atoms with Crippen LogP contribution >= 0.6 is 0 Å². The number of ether oxygens (including phenoxy) is 1. The van der Waals surface area contributed by atoms with Gasteiger partial charge in [-0.15, -0.1) is 0 Å². The maximum Gasteiger partial charge on any atom is 0.141 e. The van der Waals surface area contributed by atoms with Gasteiger partial charge in [-0.2, -0.15) is 0 Å². The second-order valence-corrected chi connectivity index (χ2v) is 4.14. The van der Waals surface area contributed by atoms with Crippen molar-refractivity contribution < 1.29 is 9.13 Å². The minimum Gasteiger partial charge on any atom is -0.496 e. The zero-order valence-electron chi connectivity index (χ0n) is 10.4. The number of aromatic nitrogens is 1. The summed E-state index contributed by atoms with van der Waals surface area (Å²) < 4.78 is 18.3. The van der Waals surface area contributed by atoms with E-state index in [0.29, 0.717) is 5.56 Å². The van der Waals surface area contributed by atoms with Crippen LogP contribution in [0, 0.1) is 12.7 Å². The van der Waals surface area contributed by atoms with E-state index < -0.39 is 6.04 Å². The average Bonchev–Trinajstić information content (AvgIpc) is 2.37. The zero-order valence-corrected chi connectivity index (χ0v) is 10.4. The van der Waals surface area contributed by atoms with Crippen molar-refractivity contribution >= 4 is 0 Å². The molecule has 0 saturated carbocycles. The quantitative estimate of drug-likeness (QED) is 0.905. The number of hydrogen-bond donors (Lipinski definition) is 1. The summed E-state index contributed by atoms with van der Waals surface area (Å²) in [7, 11) is 1.62. The van der Waals surface area contributed by atoms with Crippen molar-refractivity contribution in [3.8, 4) is 5.75 Å². The van der Waals surface area contributed by atoms with E-state index in [4.69, 9.17) is 10.5 Å². The molecule has 1 aromatic carbocycles. The number of pyridine rings is 1. The Kier molecular flexibility index (Phi) is 3.58. The largest absolute Gasteiger partial charge is 0.496 e. The van der Waals surface area contributed by atoms with Gasteiger partial charge in [-0.05, 0) is 35.7 Å². The van der Waals surface area contributed by atoms with Gasteiger partial charge in [0, 0.05) is 6.20 Å². The van der Waals surface area contributed by atoms with Gasteiger partial charge in [-0.25, -0.2) is 4.39 Å². The van der Waals surface area contributed by atoms with E-state index in [0.717, 1.165) is 23.1 Å². The molecule has 2 N–H and O–H groups in total. The van der Waals surface area contributed by atoms with Crippen LogP contribution in [-0.2, 0) is 0 Å². The molecule has 18 heavy (non-hydrogen) atoms. The van der Waals surface area contributed by atoms with Crippen molar-refractivity contribution in [2.45, 2.75) is 13.0 Å². The number of nitrogens with two attached hydrogens (primary N) is 1. The number of hydrogen-bond acceptors (Lipinski definition) is 3. The van der Waals surface area contributed by atoms with Gasteiger partial charge in [-0.3, -0.25) is 4.98 Å². The molecule has 1 aromatic heterocycles. The predicted molar refractivity (Wildman–Crippen MR) is 68.0 cm³/mol. The van der Waals surface area contributed by atoms with E-state index in [1.54, 1.807) is 13.3 Å². The highest BCUT2D eigenvalue weighted by Crippen LogP contribution is 2.25. The SMILES string of the molecule is COc1ccc(C(N)c2cncc(F)c2)cc1C. The lowest BCUT2D eigenvalue weighted by atomic mass is 9.99. The Hall–Kier alpha value is -1.94. The molecule has 94 valence electrons. The van der Waals surface area contributed by atoms with E-state index in [1.807, 2.05) is 25.1 Å². The van der Waals surface area contributed by atoms with Crippen LogP contribution in [0.25, 0.3) is 0 Å². The lowest BCUT2D eigenvalue weighted by molar-refractivity contribution is 0.411. The van der Waals surface area contributed by atoms with E-state index in [2.05, 4.69) is 4.98 Å². The summed E-state index contributed by atoms with van der Waals surface area (Å²) in [5, 5.41) is 0. The molecule has 2 rings (SSSR count). The molecule has 0 radical (unpaired) electrons. The van der Waals surface area contributed by atoms with Crippen LogP contribution in [-0.4, -0.2) is 12.1 Å². The molecular formula is C14H15FN2O. The van der Waals surface area contributed by atoms with Gasteiger partial charge in [0.1, 0.15) is 11.6 Å². The van der Waals surface area contributed by atoms with Crippen molar-refractivity contribution in [2.75, 3.05) is 7.11 Å². The third-order valence-electron chi connectivity index (χ3n) is 2.86. The van der Waals surface area contributed by atoms with E-state index in [-0.39, 0.29) is 5.82 Å². The Balaban J connectivity index is 2.34. The third-order valence-corrected chi connectivity index (χ3v) is 2.86. The third kappa shape index (κ3) is 2.49. The molecule has 0 aliphatic rings. The highest BCUT2D eigenvalue weighted by atomic mass is 19.1. The maximum atomic E-state index is 13.1. The minimum absolute atomic E-state index is 0.381. The number of methoxy groups -OCH3 is 1. The molecule has 0 aliphatic heterocycles. The highest BCUT2D eigenvalue weighted by molar-refractivity contribution is 5.40. The lowest BCUT2D eigenvalue weighted by Gasteiger charge is -2.14. The fourth-order valence-corrected chi connectivity index (χ4v) is 1.89. The molecule has 1 unspecified atom stereocenters. The van der Waals surface area contributed by atoms with Crippen molar-refractivity contribution in [3.05, 3.63) is 59.2 Å². The first kappa shape index (κ1) is 12.5. The Labute approximate surface area is 105 Å². The number of halogens is 1. The molecule has 0 fully saturated rings. The van der Waals surface area contributed by atoms with Crippen LogP contribution in [0.4, 0.5) is 4.39 Å². The summed E-state index contributed by atoms with van der Waals surface area (Å²) in [6.07, 6.45) is 2.74. The van der Waals surface area contributed by atoms with Crippen molar-refractivity contribution in [1.29, 1.82) is 0 Å². The van der Waals surface area contributed by atoms with Crippen LogP contribution in [0.2, 0.25) is 0 Å². The minimum atomic E-state index is -0.391. The molecule has 2 aromatic rings. The number of rotatable bonds is 3. The Morgan fingerprint density at radius 3 is 2.61 bits per heavy atom. The number of aryl methyl sites for hydroxylation is 1. The summed E-state index contributed by atoms with van der Waals surface area (Å²) in [5.41, 5.74) is 8.65. The van der Waals surface area contributed by atoms with Crippen molar-refractivity contribution in [2.24, 2.45) is 5.73 Å². The van der Waals surface area contributed by atoms with Gasteiger partial charge in [0.2, 0.25) is 0 Å². The van der Waals surface area contributed by atoms with Gasteiger partial charge in [0.25, 0.3) is 0 Å².